The second-order valence-corrected chi connectivity index (χ2v) is 6.63. The molecule has 0 saturated carbocycles. The maximum Gasteiger partial charge on any atom is 0.214 e. The molecule has 20 heavy (non-hydrogen) atoms. The van der Waals surface area contributed by atoms with Crippen LogP contribution in [0.2, 0.25) is 0 Å². The lowest BCUT2D eigenvalue weighted by Crippen LogP contribution is -2.42. The van der Waals surface area contributed by atoms with Crippen molar-refractivity contribution >= 4 is 11.8 Å². The third-order valence-corrected chi connectivity index (χ3v) is 3.67. The molecule has 2 aromatic rings. The molecule has 1 aromatic carbocycles. The van der Waals surface area contributed by atoms with Crippen molar-refractivity contribution in [3.05, 3.63) is 30.3 Å². The predicted octanol–water partition coefficient (Wildman–Crippen LogP) is 0.821. The molecule has 0 aliphatic rings. The maximum absolute atomic E-state index is 10.0. The predicted molar refractivity (Wildman–Crippen MR) is 78.8 cm³/mol. The summed E-state index contributed by atoms with van der Waals surface area (Å²) >= 11 is 1.46. The highest BCUT2D eigenvalue weighted by Crippen LogP contribution is 2.19. The van der Waals surface area contributed by atoms with E-state index in [1.54, 1.807) is 4.68 Å². The average molecular weight is 294 g/mol. The van der Waals surface area contributed by atoms with Gasteiger partial charge in [-0.1, -0.05) is 30.0 Å². The van der Waals surface area contributed by atoms with E-state index < -0.39 is 0 Å². The van der Waals surface area contributed by atoms with Gasteiger partial charge in [-0.3, -0.25) is 0 Å². The Balaban J connectivity index is 2.00. The Morgan fingerprint density at radius 3 is 2.60 bits per heavy atom. The first-order valence-corrected chi connectivity index (χ1v) is 7.39. The molecule has 6 nitrogen and oxygen atoms in total. The third kappa shape index (κ3) is 4.29. The number of para-hydroxylation sites is 1. The van der Waals surface area contributed by atoms with Crippen molar-refractivity contribution in [2.24, 2.45) is 0 Å². The van der Waals surface area contributed by atoms with Crippen molar-refractivity contribution < 1.29 is 9.59 Å². The first-order valence-electron chi connectivity index (χ1n) is 6.41. The number of benzene rings is 1. The van der Waals surface area contributed by atoms with Gasteiger partial charge in [0.05, 0.1) is 26.8 Å². The topological polar surface area (TPSA) is 63.8 Å². The van der Waals surface area contributed by atoms with Crippen LogP contribution in [0.25, 0.3) is 5.69 Å². The van der Waals surface area contributed by atoms with Gasteiger partial charge in [-0.25, -0.2) is 0 Å². The molecule has 0 radical (unpaired) electrons. The van der Waals surface area contributed by atoms with E-state index in [1.165, 1.54) is 11.8 Å². The summed E-state index contributed by atoms with van der Waals surface area (Å²) in [6, 6.07) is 9.73. The number of quaternary nitrogens is 1. The van der Waals surface area contributed by atoms with Crippen LogP contribution < -0.4 is 0 Å². The minimum Gasteiger partial charge on any atom is -0.386 e. The van der Waals surface area contributed by atoms with Crippen molar-refractivity contribution in [1.29, 1.82) is 0 Å². The Hall–Kier alpha value is -1.44. The summed E-state index contributed by atoms with van der Waals surface area (Å²) in [5, 5.41) is 22.4. The number of nitrogens with zero attached hydrogens (tertiary/aromatic N) is 5. The SMILES string of the molecule is C[N+](C)(C)C[C@H](O)CSc1nnnn1-c1ccccc1. The number of rotatable bonds is 6. The fourth-order valence-electron chi connectivity index (χ4n) is 1.86. The van der Waals surface area contributed by atoms with Gasteiger partial charge in [0.15, 0.2) is 0 Å². The molecule has 0 fully saturated rings. The molecular formula is C13H20N5OS+. The normalized spacial score (nSPS) is 13.4. The number of aliphatic hydroxyl groups excluding tert-OH is 1. The van der Waals surface area contributed by atoms with Crippen molar-refractivity contribution in [2.45, 2.75) is 11.3 Å². The minimum absolute atomic E-state index is 0.388. The van der Waals surface area contributed by atoms with Crippen molar-refractivity contribution in [1.82, 2.24) is 20.2 Å². The highest BCUT2D eigenvalue weighted by Gasteiger charge is 2.17. The zero-order valence-electron chi connectivity index (χ0n) is 12.0. The van der Waals surface area contributed by atoms with Crippen LogP contribution in [0, 0.1) is 0 Å². The number of thioether (sulfide) groups is 1. The molecule has 108 valence electrons. The van der Waals surface area contributed by atoms with Gasteiger partial charge in [-0.15, -0.1) is 5.10 Å². The van der Waals surface area contributed by atoms with Gasteiger partial charge in [0.2, 0.25) is 5.16 Å². The molecule has 0 aliphatic heterocycles. The van der Waals surface area contributed by atoms with E-state index in [9.17, 15) is 5.11 Å². The molecule has 0 bridgehead atoms. The summed E-state index contributed by atoms with van der Waals surface area (Å²) in [5.74, 6) is 0.572. The van der Waals surface area contributed by atoms with Gasteiger partial charge in [-0.2, -0.15) is 4.68 Å². The molecule has 2 rings (SSSR count). The van der Waals surface area contributed by atoms with Gasteiger partial charge in [0.1, 0.15) is 12.6 Å². The number of aromatic nitrogens is 4. The Labute approximate surface area is 123 Å². The zero-order chi connectivity index (χ0) is 14.6. The molecule has 0 spiro atoms. The first kappa shape index (κ1) is 15.0. The highest BCUT2D eigenvalue weighted by atomic mass is 32.2. The van der Waals surface area contributed by atoms with E-state index in [-0.39, 0.29) is 6.10 Å². The summed E-state index contributed by atoms with van der Waals surface area (Å²) in [4.78, 5) is 0. The first-order chi connectivity index (χ1) is 9.46. The van der Waals surface area contributed by atoms with E-state index in [4.69, 9.17) is 0 Å². The summed E-state index contributed by atoms with van der Waals surface area (Å²) in [7, 11) is 6.17. The van der Waals surface area contributed by atoms with Gasteiger partial charge in [0.25, 0.3) is 0 Å². The summed E-state index contributed by atoms with van der Waals surface area (Å²) in [6.07, 6.45) is -0.388. The van der Waals surface area contributed by atoms with Crippen LogP contribution in [-0.2, 0) is 0 Å². The lowest BCUT2D eigenvalue weighted by Gasteiger charge is -2.26. The quantitative estimate of drug-likeness (QED) is 0.631. The number of hydrogen-bond donors (Lipinski definition) is 1. The third-order valence-electron chi connectivity index (χ3n) is 2.60. The van der Waals surface area contributed by atoms with Crippen LogP contribution in [0.15, 0.2) is 35.5 Å². The fraction of sp³-hybridized carbons (Fsp3) is 0.462. The maximum atomic E-state index is 10.0. The van der Waals surface area contributed by atoms with Crippen molar-refractivity contribution in [3.8, 4) is 5.69 Å². The van der Waals surface area contributed by atoms with Gasteiger partial charge in [-0.05, 0) is 22.6 Å². The molecule has 0 saturated heterocycles. The van der Waals surface area contributed by atoms with Crippen LogP contribution in [0.5, 0.6) is 0 Å². The molecule has 1 heterocycles. The minimum atomic E-state index is -0.388. The van der Waals surface area contributed by atoms with Gasteiger partial charge >= 0.3 is 0 Å². The lowest BCUT2D eigenvalue weighted by molar-refractivity contribution is -0.873. The van der Waals surface area contributed by atoms with Crippen LogP contribution in [-0.4, -0.2) is 69.3 Å². The number of aliphatic hydroxyl groups is 1. The van der Waals surface area contributed by atoms with Crippen LogP contribution in [0.1, 0.15) is 0 Å². The molecule has 1 N–H and O–H groups in total. The van der Waals surface area contributed by atoms with E-state index in [0.717, 1.165) is 10.2 Å². The molecular weight excluding hydrogens is 274 g/mol. The highest BCUT2D eigenvalue weighted by molar-refractivity contribution is 7.99. The van der Waals surface area contributed by atoms with Crippen LogP contribution >= 0.6 is 11.8 Å². The van der Waals surface area contributed by atoms with Crippen LogP contribution in [0.3, 0.4) is 0 Å². The summed E-state index contributed by atoms with van der Waals surface area (Å²) in [5.41, 5.74) is 0.918. The summed E-state index contributed by atoms with van der Waals surface area (Å²) < 4.78 is 2.41. The number of hydrogen-bond acceptors (Lipinski definition) is 5. The largest absolute Gasteiger partial charge is 0.386 e. The smallest absolute Gasteiger partial charge is 0.214 e. The molecule has 0 amide bonds. The Bertz CT molecular complexity index is 537. The second-order valence-electron chi connectivity index (χ2n) is 5.65. The monoisotopic (exact) mass is 294 g/mol. The fourth-order valence-corrected chi connectivity index (χ4v) is 2.66. The van der Waals surface area contributed by atoms with Crippen LogP contribution in [0.4, 0.5) is 0 Å². The zero-order valence-corrected chi connectivity index (χ0v) is 12.8. The van der Waals surface area contributed by atoms with E-state index in [1.807, 2.05) is 30.3 Å². The average Bonchev–Trinajstić information content (AvgIpc) is 2.83. The summed E-state index contributed by atoms with van der Waals surface area (Å²) in [6.45, 7) is 0.694. The van der Waals surface area contributed by atoms with Crippen molar-refractivity contribution in [3.63, 3.8) is 0 Å². The van der Waals surface area contributed by atoms with Crippen molar-refractivity contribution in [2.75, 3.05) is 33.4 Å². The lowest BCUT2D eigenvalue weighted by atomic mass is 10.3. The van der Waals surface area contributed by atoms with E-state index in [0.29, 0.717) is 17.5 Å². The number of likely N-dealkylation sites (N-methyl/N-ethyl adjacent to an activating group) is 1. The molecule has 1 aromatic heterocycles. The Morgan fingerprint density at radius 2 is 1.95 bits per heavy atom. The molecule has 7 heteroatoms. The Morgan fingerprint density at radius 1 is 1.25 bits per heavy atom. The second kappa shape index (κ2) is 6.34. The van der Waals surface area contributed by atoms with Gasteiger partial charge in [0, 0.05) is 5.75 Å². The Kier molecular flexibility index (Phi) is 4.74. The molecule has 0 unspecified atom stereocenters. The standard InChI is InChI=1S/C13H20N5OS/c1-18(2,3)9-12(19)10-20-13-14-15-16-17(13)11-7-5-4-6-8-11/h4-8,12,19H,9-10H2,1-3H3/q+1/t12-/m0/s1. The van der Waals surface area contributed by atoms with E-state index >= 15 is 0 Å². The van der Waals surface area contributed by atoms with Gasteiger partial charge < -0.3 is 9.59 Å². The molecule has 1 atom stereocenters. The van der Waals surface area contributed by atoms with E-state index in [2.05, 4.69) is 36.7 Å². The molecule has 0 aliphatic carbocycles. The number of tetrazole rings is 1.